The van der Waals surface area contributed by atoms with Crippen molar-refractivity contribution in [2.75, 3.05) is 33.4 Å². The second-order valence-electron chi connectivity index (χ2n) is 6.57. The molecular weight excluding hydrogens is 354 g/mol. The van der Waals surface area contributed by atoms with E-state index in [1.165, 1.54) is 5.56 Å². The molecule has 1 atom stereocenters. The Balaban J connectivity index is 1.58. The fraction of sp³-hybridized carbons (Fsp3) is 0.474. The molecule has 140 valence electrons. The van der Waals surface area contributed by atoms with Gasteiger partial charge in [-0.1, -0.05) is 28.9 Å². The van der Waals surface area contributed by atoms with Crippen LogP contribution in [0.3, 0.4) is 0 Å². The lowest BCUT2D eigenvalue weighted by Gasteiger charge is -2.31. The van der Waals surface area contributed by atoms with Gasteiger partial charge < -0.3 is 14.6 Å². The van der Waals surface area contributed by atoms with Crippen LogP contribution in [-0.4, -0.2) is 49.3 Å². The number of carbonyl (C=O) groups is 1. The SMILES string of the molecule is COCCNC(=O)c1cc([C@@H]2CCCN(Cc3cccc(Cl)c3)C2)no1. The van der Waals surface area contributed by atoms with Crippen molar-refractivity contribution in [1.29, 1.82) is 0 Å². The Hall–Kier alpha value is -1.89. The lowest BCUT2D eigenvalue weighted by atomic mass is 9.94. The number of rotatable bonds is 7. The van der Waals surface area contributed by atoms with E-state index in [4.69, 9.17) is 20.9 Å². The maximum Gasteiger partial charge on any atom is 0.289 e. The maximum absolute atomic E-state index is 12.0. The predicted molar refractivity (Wildman–Crippen MR) is 99.4 cm³/mol. The van der Waals surface area contributed by atoms with E-state index >= 15 is 0 Å². The molecule has 0 saturated carbocycles. The third-order valence-electron chi connectivity index (χ3n) is 4.56. The molecule has 2 aromatic rings. The summed E-state index contributed by atoms with van der Waals surface area (Å²) < 4.78 is 10.2. The Kier molecular flexibility index (Phi) is 6.66. The number of nitrogens with one attached hydrogen (secondary N) is 1. The summed E-state index contributed by atoms with van der Waals surface area (Å²) in [6.07, 6.45) is 2.14. The molecule has 3 rings (SSSR count). The first-order valence-corrected chi connectivity index (χ1v) is 9.24. The van der Waals surface area contributed by atoms with Gasteiger partial charge in [0.2, 0.25) is 5.76 Å². The maximum atomic E-state index is 12.0. The number of aromatic nitrogens is 1. The van der Waals surface area contributed by atoms with Crippen LogP contribution in [-0.2, 0) is 11.3 Å². The van der Waals surface area contributed by atoms with Gasteiger partial charge in [-0.3, -0.25) is 9.69 Å². The lowest BCUT2D eigenvalue weighted by molar-refractivity contribution is 0.0900. The molecule has 2 heterocycles. The number of piperidine rings is 1. The van der Waals surface area contributed by atoms with E-state index in [0.29, 0.717) is 13.2 Å². The number of hydrogen-bond donors (Lipinski definition) is 1. The summed E-state index contributed by atoms with van der Waals surface area (Å²) in [6, 6.07) is 9.72. The van der Waals surface area contributed by atoms with Crippen molar-refractivity contribution in [2.24, 2.45) is 0 Å². The van der Waals surface area contributed by atoms with Crippen LogP contribution in [0.5, 0.6) is 0 Å². The first-order valence-electron chi connectivity index (χ1n) is 8.86. The minimum Gasteiger partial charge on any atom is -0.383 e. The van der Waals surface area contributed by atoms with Crippen LogP contribution in [0.25, 0.3) is 0 Å². The molecule has 0 bridgehead atoms. The summed E-state index contributed by atoms with van der Waals surface area (Å²) in [5, 5.41) is 7.63. The first-order chi connectivity index (χ1) is 12.7. The smallest absolute Gasteiger partial charge is 0.289 e. The van der Waals surface area contributed by atoms with Crippen molar-refractivity contribution in [3.05, 3.63) is 52.4 Å². The molecule has 1 amide bonds. The number of hydrogen-bond acceptors (Lipinski definition) is 5. The zero-order chi connectivity index (χ0) is 18.4. The standard InChI is InChI=1S/C19H24ClN3O3/c1-25-9-7-21-19(24)18-11-17(22-26-18)15-5-3-8-23(13-15)12-14-4-2-6-16(20)10-14/h2,4,6,10-11,15H,3,5,7-9,12-13H2,1H3,(H,21,24)/t15-/m1/s1. The molecule has 7 heteroatoms. The van der Waals surface area contributed by atoms with Gasteiger partial charge in [-0.05, 0) is 37.1 Å². The van der Waals surface area contributed by atoms with Crippen LogP contribution in [0.4, 0.5) is 0 Å². The van der Waals surface area contributed by atoms with E-state index in [0.717, 1.165) is 43.2 Å². The van der Waals surface area contributed by atoms with E-state index in [1.807, 2.05) is 18.2 Å². The number of benzene rings is 1. The fourth-order valence-corrected chi connectivity index (χ4v) is 3.49. The van der Waals surface area contributed by atoms with E-state index in [2.05, 4.69) is 21.4 Å². The summed E-state index contributed by atoms with van der Waals surface area (Å²) in [7, 11) is 1.59. The number of nitrogens with zero attached hydrogens (tertiary/aromatic N) is 2. The molecule has 1 aromatic carbocycles. The van der Waals surface area contributed by atoms with Gasteiger partial charge in [0.15, 0.2) is 0 Å². The average molecular weight is 378 g/mol. The summed E-state index contributed by atoms with van der Waals surface area (Å²) in [6.45, 7) is 3.71. The molecule has 0 spiro atoms. The topological polar surface area (TPSA) is 67.6 Å². The first kappa shape index (κ1) is 18.9. The van der Waals surface area contributed by atoms with Gasteiger partial charge in [0.1, 0.15) is 0 Å². The van der Waals surface area contributed by atoms with E-state index in [1.54, 1.807) is 13.2 Å². The molecule has 1 aliphatic rings. The highest BCUT2D eigenvalue weighted by molar-refractivity contribution is 6.30. The third-order valence-corrected chi connectivity index (χ3v) is 4.80. The molecule has 6 nitrogen and oxygen atoms in total. The van der Waals surface area contributed by atoms with Crippen molar-refractivity contribution < 1.29 is 14.1 Å². The fourth-order valence-electron chi connectivity index (χ4n) is 3.28. The molecule has 1 fully saturated rings. The number of methoxy groups -OCH3 is 1. The highest BCUT2D eigenvalue weighted by Gasteiger charge is 2.25. The van der Waals surface area contributed by atoms with Crippen LogP contribution in [0.15, 0.2) is 34.9 Å². The average Bonchev–Trinajstić information content (AvgIpc) is 3.12. The van der Waals surface area contributed by atoms with Gasteiger partial charge in [0.25, 0.3) is 5.91 Å². The monoisotopic (exact) mass is 377 g/mol. The van der Waals surface area contributed by atoms with Crippen molar-refractivity contribution in [1.82, 2.24) is 15.4 Å². The molecule has 0 unspecified atom stereocenters. The second-order valence-corrected chi connectivity index (χ2v) is 7.01. The Morgan fingerprint density at radius 2 is 2.35 bits per heavy atom. The Morgan fingerprint density at radius 3 is 3.15 bits per heavy atom. The highest BCUT2D eigenvalue weighted by atomic mass is 35.5. The molecular formula is C19H24ClN3O3. The van der Waals surface area contributed by atoms with E-state index in [9.17, 15) is 4.79 Å². The minimum absolute atomic E-state index is 0.253. The molecule has 0 aliphatic carbocycles. The normalized spacial score (nSPS) is 18.0. The summed E-state index contributed by atoms with van der Waals surface area (Å²) in [5.41, 5.74) is 2.05. The van der Waals surface area contributed by atoms with Crippen molar-refractivity contribution in [2.45, 2.75) is 25.3 Å². The van der Waals surface area contributed by atoms with Gasteiger partial charge in [0, 0.05) is 43.8 Å². The highest BCUT2D eigenvalue weighted by Crippen LogP contribution is 2.27. The number of carbonyl (C=O) groups excluding carboxylic acids is 1. The van der Waals surface area contributed by atoms with E-state index < -0.39 is 0 Å². The quantitative estimate of drug-likeness (QED) is 0.751. The second kappa shape index (κ2) is 9.16. The van der Waals surface area contributed by atoms with Gasteiger partial charge in [0.05, 0.1) is 12.3 Å². The van der Waals surface area contributed by atoms with Gasteiger partial charge in [-0.15, -0.1) is 0 Å². The Labute approximate surface area is 158 Å². The predicted octanol–water partition coefficient (Wildman–Crippen LogP) is 3.08. The summed E-state index contributed by atoms with van der Waals surface area (Å²) >= 11 is 6.08. The van der Waals surface area contributed by atoms with Crippen molar-refractivity contribution in [3.8, 4) is 0 Å². The van der Waals surface area contributed by atoms with Gasteiger partial charge in [-0.25, -0.2) is 0 Å². The van der Waals surface area contributed by atoms with E-state index in [-0.39, 0.29) is 17.6 Å². The molecule has 1 N–H and O–H groups in total. The lowest BCUT2D eigenvalue weighted by Crippen LogP contribution is -2.34. The Bertz CT molecular complexity index is 734. The summed E-state index contributed by atoms with van der Waals surface area (Å²) in [4.78, 5) is 14.4. The van der Waals surface area contributed by atoms with Gasteiger partial charge in [-0.2, -0.15) is 0 Å². The number of ether oxygens (including phenoxy) is 1. The Morgan fingerprint density at radius 1 is 1.46 bits per heavy atom. The van der Waals surface area contributed by atoms with Crippen LogP contribution in [0.1, 0.15) is 40.6 Å². The molecule has 26 heavy (non-hydrogen) atoms. The zero-order valence-corrected chi connectivity index (χ0v) is 15.7. The molecule has 0 radical (unpaired) electrons. The minimum atomic E-state index is -0.257. The number of halogens is 1. The van der Waals surface area contributed by atoms with Crippen LogP contribution in [0.2, 0.25) is 5.02 Å². The van der Waals surface area contributed by atoms with Gasteiger partial charge >= 0.3 is 0 Å². The molecule has 1 aromatic heterocycles. The van der Waals surface area contributed by atoms with Crippen molar-refractivity contribution in [3.63, 3.8) is 0 Å². The van der Waals surface area contributed by atoms with Crippen molar-refractivity contribution >= 4 is 17.5 Å². The zero-order valence-electron chi connectivity index (χ0n) is 14.9. The summed E-state index contributed by atoms with van der Waals surface area (Å²) in [5.74, 6) is 0.266. The van der Waals surface area contributed by atoms with Crippen LogP contribution in [0, 0.1) is 0 Å². The molecule has 1 aliphatic heterocycles. The van der Waals surface area contributed by atoms with Crippen LogP contribution >= 0.6 is 11.6 Å². The largest absolute Gasteiger partial charge is 0.383 e. The number of likely N-dealkylation sites (tertiary alicyclic amines) is 1. The molecule has 1 saturated heterocycles. The number of amides is 1. The third kappa shape index (κ3) is 5.06. The van der Waals surface area contributed by atoms with Crippen LogP contribution < -0.4 is 5.32 Å².